The Morgan fingerprint density at radius 2 is 1.73 bits per heavy atom. The number of nitrogens with one attached hydrogen (secondary N) is 3. The van der Waals surface area contributed by atoms with E-state index in [-0.39, 0.29) is 23.5 Å². The van der Waals surface area contributed by atoms with Crippen LogP contribution in [0.25, 0.3) is 16.6 Å². The molecule has 3 amide bonds. The number of aromatic nitrogens is 3. The largest absolute Gasteiger partial charge is 0.416 e. The van der Waals surface area contributed by atoms with Gasteiger partial charge in [-0.2, -0.15) is 18.3 Å². The maximum Gasteiger partial charge on any atom is 0.416 e. The Kier molecular flexibility index (Phi) is 5.90. The van der Waals surface area contributed by atoms with E-state index >= 15 is 0 Å². The van der Waals surface area contributed by atoms with Crippen LogP contribution >= 0.6 is 0 Å². The van der Waals surface area contributed by atoms with E-state index in [1.54, 1.807) is 18.3 Å². The fraction of sp³-hybridized carbons (Fsp3) is 0.167. The zero-order chi connectivity index (χ0) is 26.3. The average Bonchev–Trinajstić information content (AvgIpc) is 3.55. The lowest BCUT2D eigenvalue weighted by molar-refractivity contribution is -0.137. The molecule has 190 valence electrons. The number of nitrogens with two attached hydrogens (primary N) is 1. The highest BCUT2D eigenvalue weighted by atomic mass is 19.4. The fourth-order valence-electron chi connectivity index (χ4n) is 3.83. The van der Waals surface area contributed by atoms with E-state index in [1.807, 2.05) is 0 Å². The van der Waals surface area contributed by atoms with E-state index in [0.29, 0.717) is 40.0 Å². The zero-order valence-electron chi connectivity index (χ0n) is 18.9. The molecule has 2 heterocycles. The summed E-state index contributed by atoms with van der Waals surface area (Å²) in [6.07, 6.45) is -0.111. The second-order valence-corrected chi connectivity index (χ2v) is 8.49. The van der Waals surface area contributed by atoms with Gasteiger partial charge in [0.05, 0.1) is 11.1 Å². The van der Waals surface area contributed by atoms with E-state index in [2.05, 4.69) is 26.0 Å². The van der Waals surface area contributed by atoms with Gasteiger partial charge in [-0.25, -0.2) is 18.7 Å². The molecule has 5 rings (SSSR count). The van der Waals surface area contributed by atoms with Crippen LogP contribution in [0.2, 0.25) is 0 Å². The fourth-order valence-corrected chi connectivity index (χ4v) is 3.83. The summed E-state index contributed by atoms with van der Waals surface area (Å²) in [5, 5.41) is 11.7. The molecule has 0 radical (unpaired) electrons. The summed E-state index contributed by atoms with van der Waals surface area (Å²) in [7, 11) is 0. The van der Waals surface area contributed by atoms with Crippen LogP contribution in [0.4, 0.5) is 39.5 Å². The Labute approximate surface area is 206 Å². The number of benzene rings is 2. The van der Waals surface area contributed by atoms with Gasteiger partial charge in [-0.1, -0.05) is 12.1 Å². The normalized spacial score (nSPS) is 13.4. The molecule has 0 atom stereocenters. The minimum atomic E-state index is -4.77. The van der Waals surface area contributed by atoms with Crippen LogP contribution in [0, 0.1) is 5.82 Å². The molecule has 13 heteroatoms. The average molecular weight is 513 g/mol. The van der Waals surface area contributed by atoms with Crippen molar-refractivity contribution in [2.24, 2.45) is 0 Å². The van der Waals surface area contributed by atoms with Gasteiger partial charge in [0, 0.05) is 29.2 Å². The summed E-state index contributed by atoms with van der Waals surface area (Å²) in [6.45, 7) is 0. The third-order valence-corrected chi connectivity index (χ3v) is 5.67. The minimum Gasteiger partial charge on any atom is -0.382 e. The van der Waals surface area contributed by atoms with Crippen molar-refractivity contribution in [2.75, 3.05) is 16.4 Å². The Balaban J connectivity index is 1.38. The highest BCUT2D eigenvalue weighted by molar-refractivity contribution is 6.07. The molecular formula is C24H19F4N7O2. The van der Waals surface area contributed by atoms with E-state index in [1.165, 1.54) is 23.0 Å². The summed E-state index contributed by atoms with van der Waals surface area (Å²) in [4.78, 5) is 29.2. The van der Waals surface area contributed by atoms with Crippen LogP contribution in [0.5, 0.6) is 0 Å². The zero-order valence-corrected chi connectivity index (χ0v) is 18.9. The first kappa shape index (κ1) is 24.0. The molecule has 37 heavy (non-hydrogen) atoms. The quantitative estimate of drug-likeness (QED) is 0.289. The number of rotatable bonds is 5. The van der Waals surface area contributed by atoms with E-state index in [0.717, 1.165) is 18.9 Å². The number of halogens is 4. The van der Waals surface area contributed by atoms with Crippen molar-refractivity contribution in [3.8, 4) is 11.1 Å². The third-order valence-electron chi connectivity index (χ3n) is 5.67. The number of hydrogen-bond donors (Lipinski definition) is 4. The number of nitrogen functional groups attached to an aromatic ring is 1. The standard InChI is InChI=1S/C24H19F4N7O2/c25-14-7-13(24(26,27)28)8-17(9-14)34-23(37)33-16-3-1-12(2-4-16)19-18(22(36)32-15-5-6-15)10-35-20(19)21(29)30-11-31-35/h1-4,7-11,15H,5-6H2,(H,32,36)(H2,29,30,31)(H2,33,34,37). The Hall–Kier alpha value is -4.68. The first-order valence-electron chi connectivity index (χ1n) is 11.1. The minimum absolute atomic E-state index is 0.127. The topological polar surface area (TPSA) is 126 Å². The molecule has 1 saturated carbocycles. The second-order valence-electron chi connectivity index (χ2n) is 8.49. The van der Waals surface area contributed by atoms with Gasteiger partial charge < -0.3 is 21.7 Å². The lowest BCUT2D eigenvalue weighted by Crippen LogP contribution is -2.25. The molecule has 0 saturated heterocycles. The van der Waals surface area contributed by atoms with Gasteiger partial charge in [-0.3, -0.25) is 4.79 Å². The SMILES string of the molecule is Nc1ncnn2cc(C(=O)NC3CC3)c(-c3ccc(NC(=O)Nc4cc(F)cc(C(F)(F)F)c4)cc3)c12. The van der Waals surface area contributed by atoms with E-state index < -0.39 is 23.6 Å². The van der Waals surface area contributed by atoms with Gasteiger partial charge in [0.2, 0.25) is 0 Å². The number of carbonyl (C=O) groups excluding carboxylic acids is 2. The van der Waals surface area contributed by atoms with Crippen molar-refractivity contribution >= 4 is 34.6 Å². The molecule has 1 aliphatic rings. The summed E-state index contributed by atoms with van der Waals surface area (Å²) in [5.74, 6) is -1.25. The molecule has 9 nitrogen and oxygen atoms in total. The van der Waals surface area contributed by atoms with Crippen molar-refractivity contribution in [3.05, 3.63) is 71.9 Å². The van der Waals surface area contributed by atoms with Gasteiger partial charge >= 0.3 is 12.2 Å². The van der Waals surface area contributed by atoms with Crippen LogP contribution in [0.15, 0.2) is 55.0 Å². The number of hydrogen-bond acceptors (Lipinski definition) is 5. The highest BCUT2D eigenvalue weighted by Gasteiger charge is 2.31. The number of amides is 3. The molecule has 0 spiro atoms. The molecule has 2 aromatic heterocycles. The van der Waals surface area contributed by atoms with Gasteiger partial charge in [-0.15, -0.1) is 0 Å². The van der Waals surface area contributed by atoms with Crippen LogP contribution in [0.3, 0.4) is 0 Å². The lowest BCUT2D eigenvalue weighted by atomic mass is 10.0. The molecule has 4 aromatic rings. The van der Waals surface area contributed by atoms with Crippen molar-refractivity contribution in [1.82, 2.24) is 19.9 Å². The predicted molar refractivity (Wildman–Crippen MR) is 127 cm³/mol. The summed E-state index contributed by atoms with van der Waals surface area (Å²) in [6, 6.07) is 7.34. The van der Waals surface area contributed by atoms with Gasteiger partial charge in [-0.05, 0) is 48.7 Å². The number of anilines is 3. The molecule has 1 fully saturated rings. The van der Waals surface area contributed by atoms with Gasteiger partial charge in [0.25, 0.3) is 5.91 Å². The van der Waals surface area contributed by atoms with Crippen LogP contribution in [-0.2, 0) is 6.18 Å². The van der Waals surface area contributed by atoms with Crippen molar-refractivity contribution in [1.29, 1.82) is 0 Å². The smallest absolute Gasteiger partial charge is 0.382 e. The Morgan fingerprint density at radius 3 is 2.41 bits per heavy atom. The van der Waals surface area contributed by atoms with Crippen LogP contribution in [0.1, 0.15) is 28.8 Å². The van der Waals surface area contributed by atoms with E-state index in [9.17, 15) is 27.2 Å². The van der Waals surface area contributed by atoms with Crippen molar-refractivity contribution in [2.45, 2.75) is 25.1 Å². The first-order valence-corrected chi connectivity index (χ1v) is 11.1. The van der Waals surface area contributed by atoms with E-state index in [4.69, 9.17) is 5.73 Å². The van der Waals surface area contributed by atoms with Crippen LogP contribution in [-0.4, -0.2) is 32.6 Å². The molecular weight excluding hydrogens is 494 g/mol. The molecule has 5 N–H and O–H groups in total. The predicted octanol–water partition coefficient (Wildman–Crippen LogP) is 4.67. The Bertz CT molecular complexity index is 1510. The van der Waals surface area contributed by atoms with Gasteiger partial charge in [0.1, 0.15) is 17.7 Å². The second kappa shape index (κ2) is 9.08. The maximum absolute atomic E-state index is 13.6. The summed E-state index contributed by atoms with van der Waals surface area (Å²) in [5.41, 5.74) is 6.68. The third kappa shape index (κ3) is 5.15. The number of urea groups is 1. The molecule has 2 aromatic carbocycles. The Morgan fingerprint density at radius 1 is 1.03 bits per heavy atom. The van der Waals surface area contributed by atoms with Crippen LogP contribution < -0.4 is 21.7 Å². The molecule has 0 unspecified atom stereocenters. The molecule has 1 aliphatic carbocycles. The molecule has 0 aliphatic heterocycles. The van der Waals surface area contributed by atoms with Crippen molar-refractivity contribution in [3.63, 3.8) is 0 Å². The van der Waals surface area contributed by atoms with Gasteiger partial charge in [0.15, 0.2) is 5.82 Å². The maximum atomic E-state index is 13.6. The highest BCUT2D eigenvalue weighted by Crippen LogP contribution is 2.34. The first-order chi connectivity index (χ1) is 17.6. The monoisotopic (exact) mass is 513 g/mol. The van der Waals surface area contributed by atoms with Crippen molar-refractivity contribution < 1.29 is 27.2 Å². The lowest BCUT2D eigenvalue weighted by Gasteiger charge is -2.12. The molecule has 0 bridgehead atoms. The summed E-state index contributed by atoms with van der Waals surface area (Å²) < 4.78 is 53.8. The number of alkyl halides is 3. The summed E-state index contributed by atoms with van der Waals surface area (Å²) >= 11 is 0. The number of carbonyl (C=O) groups is 2. The number of fused-ring (bicyclic) bond motifs is 1. The number of nitrogens with zero attached hydrogens (tertiary/aromatic N) is 3.